The first-order valence-corrected chi connectivity index (χ1v) is 9.03. The maximum Gasteiger partial charge on any atom is 0.260 e. The third-order valence-corrected chi connectivity index (χ3v) is 4.46. The molecule has 1 aliphatic rings. The van der Waals surface area contributed by atoms with Gasteiger partial charge in [-0.3, -0.25) is 9.78 Å². The number of aromatic nitrogens is 2. The average Bonchev–Trinajstić information content (AvgIpc) is 2.46. The maximum atomic E-state index is 12.1. The van der Waals surface area contributed by atoms with Crippen LogP contribution in [0.3, 0.4) is 0 Å². The van der Waals surface area contributed by atoms with Gasteiger partial charge < -0.3 is 4.90 Å². The number of benzene rings is 1. The van der Waals surface area contributed by atoms with Crippen LogP contribution in [0.25, 0.3) is 10.9 Å². The summed E-state index contributed by atoms with van der Waals surface area (Å²) in [6.45, 7) is 1.23. The van der Waals surface area contributed by atoms with Crippen LogP contribution in [0.2, 0.25) is 0 Å². The molecule has 3 rings (SSSR count). The molecule has 22 heavy (non-hydrogen) atoms. The van der Waals surface area contributed by atoms with E-state index < -0.39 is 10.0 Å². The normalized spacial score (nSPS) is 19.5. The molecular weight excluding hydrogens is 304 g/mol. The minimum Gasteiger partial charge on any atom is -0.341 e. The van der Waals surface area contributed by atoms with Gasteiger partial charge in [0.2, 0.25) is 16.0 Å². The minimum atomic E-state index is -3.24. The van der Waals surface area contributed by atoms with Crippen molar-refractivity contribution < 1.29 is 8.42 Å². The lowest BCUT2D eigenvalue weighted by Crippen LogP contribution is -2.48. The van der Waals surface area contributed by atoms with E-state index in [1.165, 1.54) is 0 Å². The van der Waals surface area contributed by atoms with Gasteiger partial charge in [0.1, 0.15) is 0 Å². The third-order valence-electron chi connectivity index (χ3n) is 3.70. The second-order valence-corrected chi connectivity index (χ2v) is 7.36. The topological polar surface area (TPSA) is 95.2 Å². The van der Waals surface area contributed by atoms with Gasteiger partial charge in [0, 0.05) is 19.1 Å². The number of fused-ring (bicyclic) bond motifs is 1. The molecule has 0 bridgehead atoms. The number of nitrogens with zero attached hydrogens (tertiary/aromatic N) is 2. The first-order valence-electron chi connectivity index (χ1n) is 7.14. The van der Waals surface area contributed by atoms with E-state index in [9.17, 15) is 13.2 Å². The van der Waals surface area contributed by atoms with Crippen LogP contribution >= 0.6 is 0 Å². The minimum absolute atomic E-state index is 0.166. The molecular formula is C14H18N4O3S. The Balaban J connectivity index is 1.89. The summed E-state index contributed by atoms with van der Waals surface area (Å²) in [6, 6.07) is 6.99. The molecule has 118 valence electrons. The van der Waals surface area contributed by atoms with Crippen molar-refractivity contribution in [2.45, 2.75) is 18.9 Å². The molecule has 1 aliphatic heterocycles. The molecule has 1 atom stereocenters. The highest BCUT2D eigenvalue weighted by Crippen LogP contribution is 2.17. The van der Waals surface area contributed by atoms with Crippen molar-refractivity contribution in [3.63, 3.8) is 0 Å². The summed E-state index contributed by atoms with van der Waals surface area (Å²) >= 11 is 0. The van der Waals surface area contributed by atoms with Gasteiger partial charge in [-0.05, 0) is 25.0 Å². The first-order chi connectivity index (χ1) is 10.4. The van der Waals surface area contributed by atoms with Crippen LogP contribution in [-0.2, 0) is 10.0 Å². The van der Waals surface area contributed by atoms with Crippen LogP contribution < -0.4 is 15.2 Å². The number of para-hydroxylation sites is 1. The number of H-pyrrole nitrogens is 1. The molecule has 1 aromatic carbocycles. The van der Waals surface area contributed by atoms with E-state index in [4.69, 9.17) is 0 Å². The van der Waals surface area contributed by atoms with Crippen molar-refractivity contribution in [3.05, 3.63) is 34.6 Å². The van der Waals surface area contributed by atoms with E-state index in [0.29, 0.717) is 23.4 Å². The Hall–Kier alpha value is -1.93. The van der Waals surface area contributed by atoms with Crippen LogP contribution in [0.15, 0.2) is 29.1 Å². The molecule has 0 radical (unpaired) electrons. The van der Waals surface area contributed by atoms with Gasteiger partial charge in [-0.2, -0.15) is 0 Å². The number of anilines is 1. The fraction of sp³-hybridized carbons (Fsp3) is 0.429. The summed E-state index contributed by atoms with van der Waals surface area (Å²) in [5.74, 6) is 0.490. The van der Waals surface area contributed by atoms with Crippen LogP contribution in [-0.4, -0.2) is 43.8 Å². The van der Waals surface area contributed by atoms with E-state index in [-0.39, 0.29) is 11.6 Å². The average molecular weight is 322 g/mol. The number of sulfonamides is 1. The van der Waals surface area contributed by atoms with Crippen LogP contribution in [0, 0.1) is 0 Å². The van der Waals surface area contributed by atoms with Crippen LogP contribution in [0.4, 0.5) is 5.95 Å². The third kappa shape index (κ3) is 3.28. The van der Waals surface area contributed by atoms with E-state index in [2.05, 4.69) is 14.7 Å². The number of hydrogen-bond donors (Lipinski definition) is 2. The Kier molecular flexibility index (Phi) is 3.88. The molecule has 2 heterocycles. The molecule has 1 aromatic heterocycles. The highest BCUT2D eigenvalue weighted by atomic mass is 32.2. The molecule has 0 spiro atoms. The molecule has 0 aliphatic carbocycles. The maximum absolute atomic E-state index is 12.1. The monoisotopic (exact) mass is 322 g/mol. The predicted molar refractivity (Wildman–Crippen MR) is 85.6 cm³/mol. The second-order valence-electron chi connectivity index (χ2n) is 5.58. The van der Waals surface area contributed by atoms with Crippen molar-refractivity contribution in [1.82, 2.24) is 14.7 Å². The summed E-state index contributed by atoms with van der Waals surface area (Å²) in [5, 5.41) is 0.550. The van der Waals surface area contributed by atoms with Crippen LogP contribution in [0.5, 0.6) is 0 Å². The summed E-state index contributed by atoms with van der Waals surface area (Å²) in [4.78, 5) is 21.3. The molecule has 1 saturated heterocycles. The Morgan fingerprint density at radius 2 is 2.14 bits per heavy atom. The molecule has 0 saturated carbocycles. The van der Waals surface area contributed by atoms with Gasteiger partial charge >= 0.3 is 0 Å². The Bertz CT molecular complexity index is 847. The Morgan fingerprint density at radius 1 is 1.36 bits per heavy atom. The van der Waals surface area contributed by atoms with Gasteiger partial charge in [-0.15, -0.1) is 0 Å². The van der Waals surface area contributed by atoms with Gasteiger partial charge in [0.25, 0.3) is 5.56 Å². The predicted octanol–water partition coefficient (Wildman–Crippen LogP) is 0.441. The van der Waals surface area contributed by atoms with E-state index in [1.54, 1.807) is 18.2 Å². The number of piperidine rings is 1. The smallest absolute Gasteiger partial charge is 0.260 e. The van der Waals surface area contributed by atoms with Crippen molar-refractivity contribution >= 4 is 26.9 Å². The largest absolute Gasteiger partial charge is 0.341 e. The zero-order chi connectivity index (χ0) is 15.7. The van der Waals surface area contributed by atoms with E-state index >= 15 is 0 Å². The first kappa shape index (κ1) is 15.0. The molecule has 0 amide bonds. The SMILES string of the molecule is CS(=O)(=O)NC1CCCN(c2nc3ccccc3c(=O)[nH]2)C1. The molecule has 7 nitrogen and oxygen atoms in total. The number of hydrogen-bond acceptors (Lipinski definition) is 5. The van der Waals surface area contributed by atoms with Crippen LogP contribution in [0.1, 0.15) is 12.8 Å². The number of rotatable bonds is 3. The zero-order valence-corrected chi connectivity index (χ0v) is 13.1. The van der Waals surface area contributed by atoms with Gasteiger partial charge in [-0.1, -0.05) is 12.1 Å². The highest BCUT2D eigenvalue weighted by Gasteiger charge is 2.24. The molecule has 2 N–H and O–H groups in total. The van der Waals surface area contributed by atoms with Gasteiger partial charge in [0.15, 0.2) is 0 Å². The lowest BCUT2D eigenvalue weighted by atomic mass is 10.1. The summed E-state index contributed by atoms with van der Waals surface area (Å²) in [7, 11) is -3.24. The standard InChI is InChI=1S/C14H18N4O3S/c1-22(20,21)17-10-5-4-8-18(9-10)14-15-12-7-3-2-6-11(12)13(19)16-14/h2-3,6-7,10,17H,4-5,8-9H2,1H3,(H,15,16,19). The lowest BCUT2D eigenvalue weighted by Gasteiger charge is -2.33. The van der Waals surface area contributed by atoms with E-state index in [1.807, 2.05) is 11.0 Å². The highest BCUT2D eigenvalue weighted by molar-refractivity contribution is 7.88. The number of nitrogens with one attached hydrogen (secondary N) is 2. The Morgan fingerprint density at radius 3 is 2.91 bits per heavy atom. The van der Waals surface area contributed by atoms with Gasteiger partial charge in [0.05, 0.1) is 17.2 Å². The fourth-order valence-corrected chi connectivity index (χ4v) is 3.59. The Labute approximate surface area is 128 Å². The number of aromatic amines is 1. The quantitative estimate of drug-likeness (QED) is 0.855. The zero-order valence-electron chi connectivity index (χ0n) is 12.2. The molecule has 1 unspecified atom stereocenters. The molecule has 1 fully saturated rings. The second kappa shape index (κ2) is 5.69. The summed E-state index contributed by atoms with van der Waals surface area (Å²) < 4.78 is 25.4. The fourth-order valence-electron chi connectivity index (χ4n) is 2.79. The van der Waals surface area contributed by atoms with Crippen molar-refractivity contribution in [1.29, 1.82) is 0 Å². The van der Waals surface area contributed by atoms with Crippen molar-refractivity contribution in [2.24, 2.45) is 0 Å². The summed E-state index contributed by atoms with van der Waals surface area (Å²) in [6.07, 6.45) is 2.77. The van der Waals surface area contributed by atoms with Crippen molar-refractivity contribution in [3.8, 4) is 0 Å². The summed E-state index contributed by atoms with van der Waals surface area (Å²) in [5.41, 5.74) is 0.457. The van der Waals surface area contributed by atoms with Crippen molar-refractivity contribution in [2.75, 3.05) is 24.2 Å². The van der Waals surface area contributed by atoms with Gasteiger partial charge in [-0.25, -0.2) is 18.1 Å². The molecule has 2 aromatic rings. The lowest BCUT2D eigenvalue weighted by molar-refractivity contribution is 0.463. The van der Waals surface area contributed by atoms with E-state index in [0.717, 1.165) is 25.6 Å². The molecule has 8 heteroatoms.